The number of fused-ring (bicyclic) bond motifs is 1. The maximum Gasteiger partial charge on any atom is 0.262 e. The zero-order valence-electron chi connectivity index (χ0n) is 10.6. The fourth-order valence-electron chi connectivity index (χ4n) is 2.23. The minimum absolute atomic E-state index is 0.539. The molecule has 0 aliphatic heterocycles. The van der Waals surface area contributed by atoms with Crippen LogP contribution in [-0.2, 0) is 12.8 Å². The molecule has 3 rings (SSSR count). The number of aryl methyl sites for hydroxylation is 3. The second-order valence-corrected chi connectivity index (χ2v) is 5.56. The zero-order valence-corrected chi connectivity index (χ0v) is 11.5. The Bertz CT molecular complexity index is 657. The van der Waals surface area contributed by atoms with E-state index in [1.54, 1.807) is 6.26 Å². The van der Waals surface area contributed by atoms with Crippen LogP contribution in [0.15, 0.2) is 27.0 Å². The number of pyridine rings is 1. The van der Waals surface area contributed by atoms with Crippen molar-refractivity contribution in [3.63, 3.8) is 0 Å². The van der Waals surface area contributed by atoms with Crippen molar-refractivity contribution >= 4 is 11.8 Å². The molecular weight excluding hydrogens is 258 g/mol. The Morgan fingerprint density at radius 1 is 1.32 bits per heavy atom. The number of nitriles is 1. The summed E-state index contributed by atoms with van der Waals surface area (Å²) in [6.07, 6.45) is 5.99. The fourth-order valence-corrected chi connectivity index (χ4v) is 3.06. The van der Waals surface area contributed by atoms with Crippen LogP contribution in [-0.4, -0.2) is 9.97 Å². The van der Waals surface area contributed by atoms with Gasteiger partial charge in [-0.1, -0.05) is 0 Å². The Kier molecular flexibility index (Phi) is 3.26. The fraction of sp³-hybridized carbons (Fsp3) is 0.357. The summed E-state index contributed by atoms with van der Waals surface area (Å²) in [6.45, 7) is 1.87. The molecule has 0 radical (unpaired) electrons. The molecule has 0 atom stereocenters. The van der Waals surface area contributed by atoms with E-state index in [2.05, 4.69) is 16.0 Å². The van der Waals surface area contributed by atoms with Gasteiger partial charge in [-0.3, -0.25) is 0 Å². The van der Waals surface area contributed by atoms with Crippen molar-refractivity contribution in [1.82, 2.24) is 9.97 Å². The van der Waals surface area contributed by atoms with E-state index in [0.717, 1.165) is 24.2 Å². The highest BCUT2D eigenvalue weighted by Gasteiger charge is 2.17. The summed E-state index contributed by atoms with van der Waals surface area (Å²) in [7, 11) is 0. The highest BCUT2D eigenvalue weighted by molar-refractivity contribution is 7.99. The lowest BCUT2D eigenvalue weighted by atomic mass is 9.95. The minimum atomic E-state index is 0.539. The number of hydrogen-bond acceptors (Lipinski definition) is 5. The van der Waals surface area contributed by atoms with Crippen molar-refractivity contribution < 1.29 is 4.42 Å². The van der Waals surface area contributed by atoms with Gasteiger partial charge < -0.3 is 4.42 Å². The molecule has 2 aromatic rings. The van der Waals surface area contributed by atoms with E-state index < -0.39 is 0 Å². The third-order valence-corrected chi connectivity index (χ3v) is 4.03. The van der Waals surface area contributed by atoms with Crippen LogP contribution in [0.25, 0.3) is 0 Å². The van der Waals surface area contributed by atoms with E-state index in [1.807, 2.05) is 13.0 Å². The molecule has 0 saturated heterocycles. The van der Waals surface area contributed by atoms with E-state index in [-0.39, 0.29) is 0 Å². The third kappa shape index (κ3) is 2.49. The lowest BCUT2D eigenvalue weighted by Crippen LogP contribution is -2.07. The van der Waals surface area contributed by atoms with Gasteiger partial charge in [0.25, 0.3) is 5.22 Å². The average molecular weight is 271 g/mol. The Labute approximate surface area is 115 Å². The lowest BCUT2D eigenvalue weighted by molar-refractivity contribution is 0.453. The second-order valence-electron chi connectivity index (χ2n) is 4.62. The van der Waals surface area contributed by atoms with Crippen molar-refractivity contribution in [2.24, 2.45) is 0 Å². The summed E-state index contributed by atoms with van der Waals surface area (Å²) >= 11 is 1.32. The molecule has 1 aliphatic carbocycles. The van der Waals surface area contributed by atoms with Crippen LogP contribution in [0.1, 0.15) is 35.4 Å². The molecule has 2 aromatic heterocycles. The standard InChI is InChI=1S/C14H13N3OS/c1-9-8-18-14(16-9)19-13-11(7-15)6-10-4-2-3-5-12(10)17-13/h6,8H,2-5H2,1H3. The zero-order chi connectivity index (χ0) is 13.2. The predicted molar refractivity (Wildman–Crippen MR) is 71.0 cm³/mol. The van der Waals surface area contributed by atoms with Gasteiger partial charge in [-0.05, 0) is 56.0 Å². The summed E-state index contributed by atoms with van der Waals surface area (Å²) in [5.74, 6) is 0. The number of hydrogen-bond donors (Lipinski definition) is 0. The number of rotatable bonds is 2. The van der Waals surface area contributed by atoms with E-state index in [0.29, 0.717) is 15.8 Å². The molecule has 0 amide bonds. The molecule has 1 aliphatic rings. The number of nitrogens with zero attached hydrogens (tertiary/aromatic N) is 3. The molecule has 0 aromatic carbocycles. The highest BCUT2D eigenvalue weighted by atomic mass is 32.2. The van der Waals surface area contributed by atoms with Crippen molar-refractivity contribution in [3.05, 3.63) is 34.8 Å². The average Bonchev–Trinajstić information content (AvgIpc) is 2.83. The monoisotopic (exact) mass is 271 g/mol. The van der Waals surface area contributed by atoms with E-state index in [4.69, 9.17) is 4.42 Å². The van der Waals surface area contributed by atoms with E-state index in [1.165, 1.54) is 30.2 Å². The Morgan fingerprint density at radius 2 is 2.16 bits per heavy atom. The molecule has 0 bridgehead atoms. The second kappa shape index (κ2) is 5.06. The third-order valence-electron chi connectivity index (χ3n) is 3.17. The van der Waals surface area contributed by atoms with Gasteiger partial charge in [0.2, 0.25) is 0 Å². The van der Waals surface area contributed by atoms with Crippen molar-refractivity contribution in [2.45, 2.75) is 42.9 Å². The Morgan fingerprint density at radius 3 is 2.89 bits per heavy atom. The van der Waals surface area contributed by atoms with E-state index in [9.17, 15) is 5.26 Å². The molecule has 0 fully saturated rings. The molecule has 0 spiro atoms. The molecule has 2 heterocycles. The largest absolute Gasteiger partial charge is 0.439 e. The van der Waals surface area contributed by atoms with Crippen LogP contribution in [0.2, 0.25) is 0 Å². The summed E-state index contributed by atoms with van der Waals surface area (Å²) in [6, 6.07) is 4.19. The first kappa shape index (κ1) is 12.2. The smallest absolute Gasteiger partial charge is 0.262 e. The highest BCUT2D eigenvalue weighted by Crippen LogP contribution is 2.31. The molecule has 5 heteroatoms. The molecular formula is C14H13N3OS. The van der Waals surface area contributed by atoms with Gasteiger partial charge in [0.05, 0.1) is 11.3 Å². The van der Waals surface area contributed by atoms with Gasteiger partial charge in [0, 0.05) is 5.69 Å². The van der Waals surface area contributed by atoms with Gasteiger partial charge >= 0.3 is 0 Å². The molecule has 4 nitrogen and oxygen atoms in total. The van der Waals surface area contributed by atoms with Crippen LogP contribution < -0.4 is 0 Å². The first-order valence-corrected chi connectivity index (χ1v) is 7.11. The number of aromatic nitrogens is 2. The minimum Gasteiger partial charge on any atom is -0.439 e. The van der Waals surface area contributed by atoms with Crippen LogP contribution in [0, 0.1) is 18.3 Å². The maximum absolute atomic E-state index is 9.25. The van der Waals surface area contributed by atoms with Gasteiger partial charge in [-0.2, -0.15) is 5.26 Å². The van der Waals surface area contributed by atoms with Gasteiger partial charge in [0.1, 0.15) is 17.4 Å². The van der Waals surface area contributed by atoms with Crippen molar-refractivity contribution in [3.8, 4) is 6.07 Å². The molecule has 96 valence electrons. The summed E-state index contributed by atoms with van der Waals surface area (Å²) in [5, 5.41) is 10.5. The van der Waals surface area contributed by atoms with Gasteiger partial charge in [-0.15, -0.1) is 0 Å². The molecule has 0 saturated carbocycles. The first-order chi connectivity index (χ1) is 9.26. The summed E-state index contributed by atoms with van der Waals surface area (Å²) < 4.78 is 5.31. The van der Waals surface area contributed by atoms with Crippen LogP contribution >= 0.6 is 11.8 Å². The molecule has 19 heavy (non-hydrogen) atoms. The van der Waals surface area contributed by atoms with Crippen LogP contribution in [0.3, 0.4) is 0 Å². The molecule has 0 unspecified atom stereocenters. The number of oxazole rings is 1. The van der Waals surface area contributed by atoms with E-state index >= 15 is 0 Å². The normalized spacial score (nSPS) is 13.9. The summed E-state index contributed by atoms with van der Waals surface area (Å²) in [5.41, 5.74) is 3.78. The van der Waals surface area contributed by atoms with Gasteiger partial charge in [0.15, 0.2) is 0 Å². The first-order valence-electron chi connectivity index (χ1n) is 6.29. The Balaban J connectivity index is 1.98. The lowest BCUT2D eigenvalue weighted by Gasteiger charge is -2.15. The Hall–Kier alpha value is -1.80. The van der Waals surface area contributed by atoms with Crippen molar-refractivity contribution in [1.29, 1.82) is 5.26 Å². The van der Waals surface area contributed by atoms with Crippen LogP contribution in [0.5, 0.6) is 0 Å². The van der Waals surface area contributed by atoms with Gasteiger partial charge in [-0.25, -0.2) is 9.97 Å². The predicted octanol–water partition coefficient (Wildman–Crippen LogP) is 3.28. The maximum atomic E-state index is 9.25. The van der Waals surface area contributed by atoms with Crippen LogP contribution in [0.4, 0.5) is 0 Å². The summed E-state index contributed by atoms with van der Waals surface area (Å²) in [4.78, 5) is 8.87. The quantitative estimate of drug-likeness (QED) is 0.838. The van der Waals surface area contributed by atoms with Crippen molar-refractivity contribution in [2.75, 3.05) is 0 Å². The topological polar surface area (TPSA) is 62.7 Å². The molecule has 0 N–H and O–H groups in total. The SMILES string of the molecule is Cc1coc(Sc2nc3c(cc2C#N)CCCC3)n1.